The molecule has 1 spiro atoms. The van der Waals surface area contributed by atoms with Crippen LogP contribution < -0.4 is 15.0 Å². The Morgan fingerprint density at radius 1 is 0.971 bits per heavy atom. The number of nitrogens with zero attached hydrogens (tertiary/aromatic N) is 2. The maximum absolute atomic E-state index is 13.7. The Bertz CT molecular complexity index is 1310. The third kappa shape index (κ3) is 3.00. The molecule has 1 N–H and O–H groups in total. The zero-order valence-corrected chi connectivity index (χ0v) is 18.4. The fourth-order valence-electron chi connectivity index (χ4n) is 5.36. The van der Waals surface area contributed by atoms with E-state index in [0.29, 0.717) is 24.3 Å². The van der Waals surface area contributed by atoms with E-state index in [4.69, 9.17) is 4.74 Å². The van der Waals surface area contributed by atoms with Crippen molar-refractivity contribution in [1.29, 1.82) is 0 Å². The van der Waals surface area contributed by atoms with E-state index >= 15 is 0 Å². The Morgan fingerprint density at radius 2 is 1.71 bits per heavy atom. The van der Waals surface area contributed by atoms with E-state index in [2.05, 4.69) is 5.32 Å². The van der Waals surface area contributed by atoms with Crippen LogP contribution in [0.5, 0.6) is 5.75 Å². The second kappa shape index (κ2) is 7.73. The van der Waals surface area contributed by atoms with E-state index < -0.39 is 11.6 Å². The van der Waals surface area contributed by atoms with Crippen LogP contribution in [0.15, 0.2) is 78.9 Å². The topological polar surface area (TPSA) is 79.0 Å². The first-order chi connectivity index (χ1) is 16.6. The number of hydrogen-bond donors (Lipinski definition) is 1. The van der Waals surface area contributed by atoms with E-state index in [-0.39, 0.29) is 31.0 Å². The molecule has 0 aromatic heterocycles. The van der Waals surface area contributed by atoms with Crippen molar-refractivity contribution < 1.29 is 19.1 Å². The maximum atomic E-state index is 13.7. The van der Waals surface area contributed by atoms with Crippen molar-refractivity contribution in [3.05, 3.63) is 95.6 Å². The van der Waals surface area contributed by atoms with Crippen molar-refractivity contribution in [2.75, 3.05) is 18.1 Å². The molecule has 3 aromatic carbocycles. The minimum Gasteiger partial charge on any atom is -0.489 e. The Labute approximate surface area is 196 Å². The summed E-state index contributed by atoms with van der Waals surface area (Å²) in [6.07, 6.45) is 1.20. The summed E-state index contributed by atoms with van der Waals surface area (Å²) < 4.78 is 5.94. The molecule has 2 aliphatic heterocycles. The third-order valence-corrected chi connectivity index (χ3v) is 7.00. The molecule has 1 saturated heterocycles. The van der Waals surface area contributed by atoms with Gasteiger partial charge in [-0.15, -0.1) is 0 Å². The fourth-order valence-corrected chi connectivity index (χ4v) is 5.36. The van der Waals surface area contributed by atoms with Crippen molar-refractivity contribution in [3.8, 4) is 5.75 Å². The van der Waals surface area contributed by atoms with Crippen LogP contribution in [-0.4, -0.2) is 35.9 Å². The number of imide groups is 1. The summed E-state index contributed by atoms with van der Waals surface area (Å²) in [6.45, 7) is -0.0591. The third-order valence-electron chi connectivity index (χ3n) is 7.00. The second-order valence-corrected chi connectivity index (χ2v) is 8.85. The minimum absolute atomic E-state index is 0.282. The van der Waals surface area contributed by atoms with Gasteiger partial charge in [0.15, 0.2) is 0 Å². The van der Waals surface area contributed by atoms with Crippen LogP contribution in [0.2, 0.25) is 0 Å². The lowest BCUT2D eigenvalue weighted by atomic mass is 9.92. The quantitative estimate of drug-likeness (QED) is 0.616. The van der Waals surface area contributed by atoms with Gasteiger partial charge >= 0.3 is 6.03 Å². The van der Waals surface area contributed by atoms with E-state index in [1.54, 1.807) is 4.90 Å². The van der Waals surface area contributed by atoms with Crippen LogP contribution in [0.4, 0.5) is 10.5 Å². The fraction of sp³-hybridized carbons (Fsp3) is 0.222. The SMILES string of the molecule is O=C1N[C@@]2(CCc3ccccc32)C(=O)N1CC(=O)N1c2ccccc2OC[C@H]1c1ccccc1. The summed E-state index contributed by atoms with van der Waals surface area (Å²) in [7, 11) is 0. The maximum Gasteiger partial charge on any atom is 0.325 e. The van der Waals surface area contributed by atoms with Gasteiger partial charge in [-0.05, 0) is 41.7 Å². The smallest absolute Gasteiger partial charge is 0.325 e. The summed E-state index contributed by atoms with van der Waals surface area (Å²) in [5.74, 6) is -0.105. The first-order valence-corrected chi connectivity index (χ1v) is 11.4. The average Bonchev–Trinajstić information content (AvgIpc) is 3.36. The van der Waals surface area contributed by atoms with Crippen molar-refractivity contribution >= 4 is 23.5 Å². The zero-order chi connectivity index (χ0) is 23.3. The number of aryl methyl sites for hydroxylation is 1. The van der Waals surface area contributed by atoms with Crippen LogP contribution in [-0.2, 0) is 21.5 Å². The number of anilines is 1. The number of urea groups is 1. The minimum atomic E-state index is -1.09. The molecular weight excluding hydrogens is 430 g/mol. The van der Waals surface area contributed by atoms with Crippen molar-refractivity contribution in [2.24, 2.45) is 0 Å². The number of carbonyl (C=O) groups excluding carboxylic acids is 3. The van der Waals surface area contributed by atoms with Gasteiger partial charge in [0, 0.05) is 0 Å². The van der Waals surface area contributed by atoms with Crippen molar-refractivity contribution in [2.45, 2.75) is 24.4 Å². The number of nitrogens with one attached hydrogen (secondary N) is 1. The number of para-hydroxylation sites is 2. The Balaban J connectivity index is 1.33. The lowest BCUT2D eigenvalue weighted by molar-refractivity contribution is -0.134. The van der Waals surface area contributed by atoms with Gasteiger partial charge in [-0.1, -0.05) is 66.7 Å². The van der Waals surface area contributed by atoms with Gasteiger partial charge in [0.25, 0.3) is 5.91 Å². The lowest BCUT2D eigenvalue weighted by Crippen LogP contribution is -2.48. The number of ether oxygens (including phenoxy) is 1. The summed E-state index contributed by atoms with van der Waals surface area (Å²) in [6, 6.07) is 23.7. The molecule has 6 rings (SSSR count). The number of benzene rings is 3. The predicted octanol–water partition coefficient (Wildman–Crippen LogP) is 3.55. The molecule has 2 heterocycles. The van der Waals surface area contributed by atoms with Crippen LogP contribution in [0.25, 0.3) is 0 Å². The van der Waals surface area contributed by atoms with E-state index in [9.17, 15) is 14.4 Å². The number of carbonyl (C=O) groups is 3. The molecule has 7 heteroatoms. The van der Waals surface area contributed by atoms with E-state index in [0.717, 1.165) is 21.6 Å². The molecule has 0 bridgehead atoms. The zero-order valence-electron chi connectivity index (χ0n) is 18.4. The van der Waals surface area contributed by atoms with Crippen LogP contribution in [0.1, 0.15) is 29.2 Å². The lowest BCUT2D eigenvalue weighted by Gasteiger charge is -2.37. The standard InChI is InChI=1S/C27H23N3O4/c31-24(16-29-25(32)27(28-26(29)33)15-14-18-8-4-5-11-20(18)27)30-21-12-6-7-13-23(21)34-17-22(30)19-9-2-1-3-10-19/h1-13,22H,14-17H2,(H,28,33)/t22-,27+/m0/s1. The first-order valence-electron chi connectivity index (χ1n) is 11.4. The molecule has 0 unspecified atom stereocenters. The molecule has 34 heavy (non-hydrogen) atoms. The molecular formula is C27H23N3O4. The summed E-state index contributed by atoms with van der Waals surface area (Å²) in [5.41, 5.74) is 2.33. The molecule has 1 aliphatic carbocycles. The van der Waals surface area contributed by atoms with Gasteiger partial charge in [-0.2, -0.15) is 0 Å². The number of fused-ring (bicyclic) bond motifs is 3. The Kier molecular flexibility index (Phi) is 4.65. The monoisotopic (exact) mass is 453 g/mol. The average molecular weight is 453 g/mol. The number of amides is 4. The second-order valence-electron chi connectivity index (χ2n) is 8.85. The molecule has 2 atom stereocenters. The van der Waals surface area contributed by atoms with Gasteiger partial charge in [0.2, 0.25) is 5.91 Å². The van der Waals surface area contributed by atoms with Crippen LogP contribution in [0, 0.1) is 0 Å². The molecule has 3 aromatic rings. The van der Waals surface area contributed by atoms with Gasteiger partial charge in [-0.3, -0.25) is 19.4 Å². The van der Waals surface area contributed by atoms with Crippen molar-refractivity contribution in [3.63, 3.8) is 0 Å². The Hall–Kier alpha value is -4.13. The van der Waals surface area contributed by atoms with Crippen molar-refractivity contribution in [1.82, 2.24) is 10.2 Å². The van der Waals surface area contributed by atoms with Gasteiger partial charge in [0.1, 0.15) is 24.4 Å². The number of rotatable bonds is 3. The summed E-state index contributed by atoms with van der Waals surface area (Å²) >= 11 is 0. The van der Waals surface area contributed by atoms with Gasteiger partial charge < -0.3 is 10.1 Å². The summed E-state index contributed by atoms with van der Waals surface area (Å²) in [5, 5.41) is 2.90. The molecule has 7 nitrogen and oxygen atoms in total. The number of hydrogen-bond acceptors (Lipinski definition) is 4. The van der Waals surface area contributed by atoms with Gasteiger partial charge in [-0.25, -0.2) is 4.79 Å². The highest BCUT2D eigenvalue weighted by Crippen LogP contribution is 2.42. The van der Waals surface area contributed by atoms with E-state index in [1.807, 2.05) is 78.9 Å². The molecule has 1 fully saturated rings. The molecule has 0 radical (unpaired) electrons. The highest BCUT2D eigenvalue weighted by atomic mass is 16.5. The Morgan fingerprint density at radius 3 is 2.56 bits per heavy atom. The highest BCUT2D eigenvalue weighted by Gasteiger charge is 2.55. The van der Waals surface area contributed by atoms with Crippen LogP contribution in [0.3, 0.4) is 0 Å². The molecule has 170 valence electrons. The molecule has 3 aliphatic rings. The first kappa shape index (κ1) is 20.5. The highest BCUT2D eigenvalue weighted by molar-refractivity contribution is 6.11. The predicted molar refractivity (Wildman–Crippen MR) is 125 cm³/mol. The van der Waals surface area contributed by atoms with Gasteiger partial charge in [0.05, 0.1) is 11.7 Å². The summed E-state index contributed by atoms with van der Waals surface area (Å²) in [4.78, 5) is 43.0. The molecule has 0 saturated carbocycles. The largest absolute Gasteiger partial charge is 0.489 e. The van der Waals surface area contributed by atoms with Crippen LogP contribution >= 0.6 is 0 Å². The normalized spacial score (nSPS) is 22.9. The molecule has 4 amide bonds. The van der Waals surface area contributed by atoms with E-state index in [1.165, 1.54) is 0 Å².